The maximum Gasteiger partial charge on any atom is 0.357 e. The van der Waals surface area contributed by atoms with Crippen LogP contribution < -0.4 is 5.73 Å². The van der Waals surface area contributed by atoms with Crippen LogP contribution in [0.2, 0.25) is 0 Å². The maximum absolute atomic E-state index is 10.7. The summed E-state index contributed by atoms with van der Waals surface area (Å²) in [6, 6.07) is 0. The fourth-order valence-electron chi connectivity index (χ4n) is 0.486. The third-order valence-corrected chi connectivity index (χ3v) is 1.59. The van der Waals surface area contributed by atoms with Gasteiger partial charge in [-0.05, 0) is 0 Å². The highest BCUT2D eigenvalue weighted by molar-refractivity contribution is 8.93. The largest absolute Gasteiger partial charge is 0.464 e. The predicted molar refractivity (Wildman–Crippen MR) is 48.2 cm³/mol. The molecular formula is C5H7BrN2O2S. The summed E-state index contributed by atoms with van der Waals surface area (Å²) in [5.41, 5.74) is 5.54. The molecule has 0 unspecified atom stereocenters. The van der Waals surface area contributed by atoms with E-state index in [-0.39, 0.29) is 22.7 Å². The van der Waals surface area contributed by atoms with Crippen molar-refractivity contribution in [3.05, 3.63) is 11.1 Å². The van der Waals surface area contributed by atoms with Crippen LogP contribution in [0.15, 0.2) is 5.38 Å². The number of methoxy groups -OCH3 is 1. The van der Waals surface area contributed by atoms with Gasteiger partial charge < -0.3 is 10.5 Å². The van der Waals surface area contributed by atoms with E-state index in [9.17, 15) is 4.79 Å². The van der Waals surface area contributed by atoms with Gasteiger partial charge in [-0.1, -0.05) is 0 Å². The second kappa shape index (κ2) is 4.30. The molecule has 1 aromatic rings. The van der Waals surface area contributed by atoms with Crippen molar-refractivity contribution in [3.63, 3.8) is 0 Å². The highest BCUT2D eigenvalue weighted by Gasteiger charge is 2.07. The smallest absolute Gasteiger partial charge is 0.357 e. The number of hydrogen-bond acceptors (Lipinski definition) is 5. The molecule has 11 heavy (non-hydrogen) atoms. The third kappa shape index (κ3) is 2.47. The van der Waals surface area contributed by atoms with Crippen LogP contribution in [0.3, 0.4) is 0 Å². The van der Waals surface area contributed by atoms with Crippen LogP contribution in [-0.4, -0.2) is 18.1 Å². The Morgan fingerprint density at radius 1 is 1.82 bits per heavy atom. The average molecular weight is 239 g/mol. The normalized spacial score (nSPS) is 8.45. The monoisotopic (exact) mass is 238 g/mol. The number of nitrogens with zero attached hydrogens (tertiary/aromatic N) is 1. The number of carbonyl (C=O) groups is 1. The Morgan fingerprint density at radius 2 is 2.45 bits per heavy atom. The summed E-state index contributed by atoms with van der Waals surface area (Å²) in [4.78, 5) is 14.4. The van der Waals surface area contributed by atoms with Gasteiger partial charge in [-0.2, -0.15) is 0 Å². The molecule has 1 aromatic heterocycles. The van der Waals surface area contributed by atoms with Crippen LogP contribution in [0.1, 0.15) is 10.5 Å². The zero-order valence-electron chi connectivity index (χ0n) is 5.73. The number of nitrogens with two attached hydrogens (primary N) is 1. The van der Waals surface area contributed by atoms with Gasteiger partial charge in [0.15, 0.2) is 10.8 Å². The van der Waals surface area contributed by atoms with Crippen LogP contribution >= 0.6 is 28.3 Å². The van der Waals surface area contributed by atoms with Crippen molar-refractivity contribution in [1.29, 1.82) is 0 Å². The topological polar surface area (TPSA) is 65.2 Å². The molecule has 0 aliphatic rings. The van der Waals surface area contributed by atoms with Crippen LogP contribution in [0, 0.1) is 0 Å². The summed E-state index contributed by atoms with van der Waals surface area (Å²) < 4.78 is 4.40. The van der Waals surface area contributed by atoms with E-state index in [4.69, 9.17) is 5.73 Å². The van der Waals surface area contributed by atoms with E-state index in [1.165, 1.54) is 18.4 Å². The molecule has 0 saturated heterocycles. The van der Waals surface area contributed by atoms with Gasteiger partial charge in [0, 0.05) is 5.38 Å². The van der Waals surface area contributed by atoms with Crippen molar-refractivity contribution in [3.8, 4) is 0 Å². The number of anilines is 1. The van der Waals surface area contributed by atoms with Crippen molar-refractivity contribution >= 4 is 39.4 Å². The van der Waals surface area contributed by atoms with E-state index < -0.39 is 5.97 Å². The summed E-state index contributed by atoms with van der Waals surface area (Å²) >= 11 is 1.21. The first-order chi connectivity index (χ1) is 4.74. The Hall–Kier alpha value is -0.620. The number of carbonyl (C=O) groups excluding carboxylic acids is 1. The van der Waals surface area contributed by atoms with Gasteiger partial charge in [0.1, 0.15) is 0 Å². The Balaban J connectivity index is 0.000001000. The molecule has 6 heteroatoms. The summed E-state index contributed by atoms with van der Waals surface area (Å²) in [6.07, 6.45) is 0. The number of esters is 1. The molecule has 0 fully saturated rings. The molecule has 0 atom stereocenters. The third-order valence-electron chi connectivity index (χ3n) is 0.916. The number of rotatable bonds is 1. The number of ether oxygens (including phenoxy) is 1. The first-order valence-electron chi connectivity index (χ1n) is 2.53. The van der Waals surface area contributed by atoms with E-state index in [1.54, 1.807) is 5.38 Å². The second-order valence-electron chi connectivity index (χ2n) is 1.56. The summed E-state index contributed by atoms with van der Waals surface area (Å²) in [5.74, 6) is -0.451. The quantitative estimate of drug-likeness (QED) is 0.745. The summed E-state index contributed by atoms with van der Waals surface area (Å²) in [5, 5.41) is 1.93. The van der Waals surface area contributed by atoms with Crippen molar-refractivity contribution in [1.82, 2.24) is 4.98 Å². The lowest BCUT2D eigenvalue weighted by atomic mass is 10.5. The molecule has 0 radical (unpaired) electrons. The van der Waals surface area contributed by atoms with Crippen LogP contribution in [0.25, 0.3) is 0 Å². The van der Waals surface area contributed by atoms with Crippen molar-refractivity contribution in [2.75, 3.05) is 12.8 Å². The Labute approximate surface area is 78.1 Å². The molecule has 0 aliphatic heterocycles. The van der Waals surface area contributed by atoms with Crippen LogP contribution in [-0.2, 0) is 4.74 Å². The number of thiazole rings is 1. The molecule has 2 N–H and O–H groups in total. The lowest BCUT2D eigenvalue weighted by Gasteiger charge is -1.89. The van der Waals surface area contributed by atoms with Gasteiger partial charge >= 0.3 is 5.97 Å². The average Bonchev–Trinajstić information content (AvgIpc) is 2.34. The molecule has 1 heterocycles. The second-order valence-corrected chi connectivity index (χ2v) is 2.45. The number of halogens is 1. The Morgan fingerprint density at radius 3 is 2.82 bits per heavy atom. The SMILES string of the molecule is Br.COC(=O)c1csc(N)n1. The lowest BCUT2D eigenvalue weighted by Crippen LogP contribution is -2.01. The number of nitrogen functional groups attached to an aromatic ring is 1. The molecule has 0 aliphatic carbocycles. The molecule has 4 nitrogen and oxygen atoms in total. The molecule has 0 amide bonds. The molecule has 0 spiro atoms. The fourth-order valence-corrected chi connectivity index (χ4v) is 1.02. The molecule has 62 valence electrons. The van der Waals surface area contributed by atoms with Gasteiger partial charge in [0.2, 0.25) is 0 Å². The Bertz CT molecular complexity index is 250. The van der Waals surface area contributed by atoms with Crippen molar-refractivity contribution in [2.45, 2.75) is 0 Å². The first kappa shape index (κ1) is 10.4. The van der Waals surface area contributed by atoms with E-state index in [1.807, 2.05) is 0 Å². The first-order valence-corrected chi connectivity index (χ1v) is 3.41. The fraction of sp³-hybridized carbons (Fsp3) is 0.200. The highest BCUT2D eigenvalue weighted by atomic mass is 79.9. The maximum atomic E-state index is 10.7. The van der Waals surface area contributed by atoms with Gasteiger partial charge in [-0.3, -0.25) is 0 Å². The van der Waals surface area contributed by atoms with Crippen LogP contribution in [0.4, 0.5) is 5.13 Å². The van der Waals surface area contributed by atoms with Crippen molar-refractivity contribution in [2.24, 2.45) is 0 Å². The van der Waals surface area contributed by atoms with E-state index in [0.29, 0.717) is 5.13 Å². The minimum atomic E-state index is -0.451. The molecule has 0 bridgehead atoms. The molecule has 1 rings (SSSR count). The predicted octanol–water partition coefficient (Wildman–Crippen LogP) is 1.09. The van der Waals surface area contributed by atoms with E-state index >= 15 is 0 Å². The highest BCUT2D eigenvalue weighted by Crippen LogP contribution is 2.11. The van der Waals surface area contributed by atoms with E-state index in [2.05, 4.69) is 9.72 Å². The van der Waals surface area contributed by atoms with Gasteiger partial charge in [-0.25, -0.2) is 9.78 Å². The molecule has 0 saturated carbocycles. The van der Waals surface area contributed by atoms with E-state index in [0.717, 1.165) is 0 Å². The lowest BCUT2D eigenvalue weighted by molar-refractivity contribution is 0.0595. The number of aromatic nitrogens is 1. The zero-order valence-corrected chi connectivity index (χ0v) is 8.26. The Kier molecular flexibility index (Phi) is 4.06. The van der Waals surface area contributed by atoms with Gasteiger partial charge in [-0.15, -0.1) is 28.3 Å². The number of hydrogen-bond donors (Lipinski definition) is 1. The minimum absolute atomic E-state index is 0. The molecular weight excluding hydrogens is 232 g/mol. The summed E-state index contributed by atoms with van der Waals surface area (Å²) in [7, 11) is 1.30. The standard InChI is InChI=1S/C5H6N2O2S.BrH/c1-9-4(8)3-2-10-5(6)7-3;/h2H,1H3,(H2,6,7);1H. The van der Waals surface area contributed by atoms with Gasteiger partial charge in [0.25, 0.3) is 0 Å². The summed E-state index contributed by atoms with van der Waals surface area (Å²) in [6.45, 7) is 0. The van der Waals surface area contributed by atoms with Crippen molar-refractivity contribution < 1.29 is 9.53 Å². The van der Waals surface area contributed by atoms with Gasteiger partial charge in [0.05, 0.1) is 7.11 Å². The zero-order chi connectivity index (χ0) is 7.56. The van der Waals surface area contributed by atoms with Crippen LogP contribution in [0.5, 0.6) is 0 Å². The molecule has 0 aromatic carbocycles. The minimum Gasteiger partial charge on any atom is -0.464 e.